The standard InChI is InChI=1S/C10H13N3O2/c11-6-5-10(15)13-12-7-8-3-1-2-4-9(8)14/h1-4,7,14H,5-6,11H2,(H,13,15)/b12-7+. The molecule has 0 bridgehead atoms. The van der Waals surface area contributed by atoms with Crippen LogP contribution in [0.5, 0.6) is 5.75 Å². The van der Waals surface area contributed by atoms with Crippen LogP contribution in [0.4, 0.5) is 0 Å². The molecule has 0 aliphatic rings. The summed E-state index contributed by atoms with van der Waals surface area (Å²) in [6.45, 7) is 0.290. The summed E-state index contributed by atoms with van der Waals surface area (Å²) in [5, 5.41) is 13.0. The zero-order valence-corrected chi connectivity index (χ0v) is 8.18. The average Bonchev–Trinajstić information content (AvgIpc) is 2.21. The predicted molar refractivity (Wildman–Crippen MR) is 57.5 cm³/mol. The third-order valence-electron chi connectivity index (χ3n) is 1.70. The van der Waals surface area contributed by atoms with Gasteiger partial charge in [0.15, 0.2) is 0 Å². The third-order valence-corrected chi connectivity index (χ3v) is 1.70. The molecule has 0 atom stereocenters. The first-order chi connectivity index (χ1) is 7.24. The molecule has 4 N–H and O–H groups in total. The van der Waals surface area contributed by atoms with Gasteiger partial charge in [-0.05, 0) is 12.1 Å². The monoisotopic (exact) mass is 207 g/mol. The van der Waals surface area contributed by atoms with Gasteiger partial charge in [-0.15, -0.1) is 0 Å². The summed E-state index contributed by atoms with van der Waals surface area (Å²) in [6, 6.07) is 6.71. The minimum atomic E-state index is -0.246. The summed E-state index contributed by atoms with van der Waals surface area (Å²) in [4.78, 5) is 11.0. The zero-order valence-electron chi connectivity index (χ0n) is 8.18. The van der Waals surface area contributed by atoms with Crippen molar-refractivity contribution in [3.05, 3.63) is 29.8 Å². The van der Waals surface area contributed by atoms with Gasteiger partial charge in [0.25, 0.3) is 0 Å². The van der Waals surface area contributed by atoms with Crippen LogP contribution in [-0.4, -0.2) is 23.8 Å². The van der Waals surface area contributed by atoms with Crippen LogP contribution in [0.2, 0.25) is 0 Å². The average molecular weight is 207 g/mol. The van der Waals surface area contributed by atoms with Crippen molar-refractivity contribution in [1.29, 1.82) is 0 Å². The number of hydrogen-bond acceptors (Lipinski definition) is 4. The van der Waals surface area contributed by atoms with Gasteiger partial charge in [-0.3, -0.25) is 4.79 Å². The van der Waals surface area contributed by atoms with Crippen molar-refractivity contribution in [2.24, 2.45) is 10.8 Å². The molecule has 0 spiro atoms. The molecule has 0 saturated heterocycles. The van der Waals surface area contributed by atoms with Crippen molar-refractivity contribution in [1.82, 2.24) is 5.43 Å². The maximum absolute atomic E-state index is 11.0. The molecular formula is C10H13N3O2. The highest BCUT2D eigenvalue weighted by Gasteiger charge is 1.97. The van der Waals surface area contributed by atoms with Crippen molar-refractivity contribution in [3.8, 4) is 5.75 Å². The van der Waals surface area contributed by atoms with Crippen LogP contribution in [0.25, 0.3) is 0 Å². The van der Waals surface area contributed by atoms with E-state index < -0.39 is 0 Å². The number of carbonyl (C=O) groups is 1. The quantitative estimate of drug-likeness (QED) is 0.486. The number of hydrogen-bond donors (Lipinski definition) is 3. The van der Waals surface area contributed by atoms with E-state index in [1.165, 1.54) is 6.21 Å². The Bertz CT molecular complexity index is 363. The molecule has 0 saturated carbocycles. The Labute approximate surface area is 87.6 Å². The molecule has 5 heteroatoms. The van der Waals surface area contributed by atoms with E-state index in [0.717, 1.165) is 0 Å². The first-order valence-electron chi connectivity index (χ1n) is 4.54. The molecule has 15 heavy (non-hydrogen) atoms. The SMILES string of the molecule is NCCC(=O)N/N=C/c1ccccc1O. The van der Waals surface area contributed by atoms with Crippen molar-refractivity contribution in [2.75, 3.05) is 6.54 Å². The minimum absolute atomic E-state index is 0.120. The molecule has 0 aliphatic carbocycles. The van der Waals surface area contributed by atoms with E-state index in [1.807, 2.05) is 0 Å². The summed E-state index contributed by atoms with van der Waals surface area (Å²) in [6.07, 6.45) is 1.61. The number of nitrogens with zero attached hydrogens (tertiary/aromatic N) is 1. The van der Waals surface area contributed by atoms with Crippen LogP contribution in [0.1, 0.15) is 12.0 Å². The molecule has 1 aromatic rings. The lowest BCUT2D eigenvalue weighted by molar-refractivity contribution is -0.120. The molecule has 1 rings (SSSR count). The molecule has 0 heterocycles. The predicted octanol–water partition coefficient (Wildman–Crippen LogP) is 0.191. The maximum atomic E-state index is 11.0. The number of rotatable bonds is 4. The zero-order chi connectivity index (χ0) is 11.1. The lowest BCUT2D eigenvalue weighted by atomic mass is 10.2. The molecule has 0 radical (unpaired) electrons. The largest absolute Gasteiger partial charge is 0.507 e. The molecule has 0 aromatic heterocycles. The topological polar surface area (TPSA) is 87.7 Å². The number of aromatic hydroxyl groups is 1. The van der Waals surface area contributed by atoms with Gasteiger partial charge in [0.05, 0.1) is 6.21 Å². The fourth-order valence-corrected chi connectivity index (χ4v) is 0.958. The summed E-state index contributed by atoms with van der Waals surface area (Å²) in [7, 11) is 0. The van der Waals surface area contributed by atoms with Crippen molar-refractivity contribution >= 4 is 12.1 Å². The summed E-state index contributed by atoms with van der Waals surface area (Å²) < 4.78 is 0. The van der Waals surface area contributed by atoms with Gasteiger partial charge in [-0.2, -0.15) is 5.10 Å². The molecular weight excluding hydrogens is 194 g/mol. The number of phenolic OH excluding ortho intramolecular Hbond substituents is 1. The highest BCUT2D eigenvalue weighted by atomic mass is 16.3. The number of hydrazone groups is 1. The van der Waals surface area contributed by atoms with E-state index in [9.17, 15) is 9.90 Å². The Balaban J connectivity index is 2.52. The normalized spacial score (nSPS) is 10.5. The van der Waals surface area contributed by atoms with E-state index in [4.69, 9.17) is 5.73 Å². The number of carbonyl (C=O) groups excluding carboxylic acids is 1. The fraction of sp³-hybridized carbons (Fsp3) is 0.200. The number of para-hydroxylation sites is 1. The van der Waals surface area contributed by atoms with Gasteiger partial charge in [-0.1, -0.05) is 12.1 Å². The minimum Gasteiger partial charge on any atom is -0.507 e. The highest BCUT2D eigenvalue weighted by Crippen LogP contribution is 2.12. The molecule has 1 amide bonds. The van der Waals surface area contributed by atoms with Gasteiger partial charge >= 0.3 is 0 Å². The van der Waals surface area contributed by atoms with Crippen molar-refractivity contribution < 1.29 is 9.90 Å². The number of phenols is 1. The van der Waals surface area contributed by atoms with Crippen LogP contribution in [0.3, 0.4) is 0 Å². The van der Waals surface area contributed by atoms with E-state index in [-0.39, 0.29) is 24.6 Å². The number of nitrogens with two attached hydrogens (primary N) is 1. The second-order valence-corrected chi connectivity index (χ2v) is 2.89. The molecule has 0 fully saturated rings. The van der Waals surface area contributed by atoms with Crippen LogP contribution in [-0.2, 0) is 4.79 Å². The summed E-state index contributed by atoms with van der Waals surface area (Å²) in [5.41, 5.74) is 8.03. The molecule has 80 valence electrons. The van der Waals surface area contributed by atoms with Gasteiger partial charge in [-0.25, -0.2) is 5.43 Å². The Hall–Kier alpha value is -1.88. The fourth-order valence-electron chi connectivity index (χ4n) is 0.958. The third kappa shape index (κ3) is 3.78. The van der Waals surface area contributed by atoms with Gasteiger partial charge in [0.1, 0.15) is 5.75 Å². The molecule has 0 aliphatic heterocycles. The molecule has 1 aromatic carbocycles. The highest BCUT2D eigenvalue weighted by molar-refractivity contribution is 5.84. The van der Waals surface area contributed by atoms with Gasteiger partial charge in [0.2, 0.25) is 5.91 Å². The van der Waals surface area contributed by atoms with E-state index in [1.54, 1.807) is 24.3 Å². The first kappa shape index (κ1) is 11.2. The second kappa shape index (κ2) is 5.77. The second-order valence-electron chi connectivity index (χ2n) is 2.89. The number of benzene rings is 1. The Morgan fingerprint density at radius 2 is 2.27 bits per heavy atom. The van der Waals surface area contributed by atoms with E-state index >= 15 is 0 Å². The number of nitrogens with one attached hydrogen (secondary N) is 1. The lowest BCUT2D eigenvalue weighted by Crippen LogP contribution is -2.20. The van der Waals surface area contributed by atoms with Gasteiger partial charge < -0.3 is 10.8 Å². The maximum Gasteiger partial charge on any atom is 0.241 e. The first-order valence-corrected chi connectivity index (χ1v) is 4.54. The van der Waals surface area contributed by atoms with Crippen molar-refractivity contribution in [2.45, 2.75) is 6.42 Å². The smallest absolute Gasteiger partial charge is 0.241 e. The lowest BCUT2D eigenvalue weighted by Gasteiger charge is -1.98. The molecule has 0 unspecified atom stereocenters. The van der Waals surface area contributed by atoms with Crippen LogP contribution in [0.15, 0.2) is 29.4 Å². The van der Waals surface area contributed by atoms with Crippen LogP contribution < -0.4 is 11.2 Å². The number of amides is 1. The van der Waals surface area contributed by atoms with Crippen molar-refractivity contribution in [3.63, 3.8) is 0 Å². The van der Waals surface area contributed by atoms with Crippen LogP contribution in [0, 0.1) is 0 Å². The van der Waals surface area contributed by atoms with Crippen LogP contribution >= 0.6 is 0 Å². The Morgan fingerprint density at radius 3 is 2.93 bits per heavy atom. The van der Waals surface area contributed by atoms with Gasteiger partial charge in [0, 0.05) is 18.5 Å². The Morgan fingerprint density at radius 1 is 1.53 bits per heavy atom. The Kier molecular flexibility index (Phi) is 4.30. The summed E-state index contributed by atoms with van der Waals surface area (Å²) >= 11 is 0. The van der Waals surface area contributed by atoms with E-state index in [2.05, 4.69) is 10.5 Å². The molecule has 5 nitrogen and oxygen atoms in total. The van der Waals surface area contributed by atoms with E-state index in [0.29, 0.717) is 5.56 Å². The summed E-state index contributed by atoms with van der Waals surface area (Å²) in [5.74, 6) is -0.126.